The van der Waals surface area contributed by atoms with E-state index in [1.807, 2.05) is 0 Å². The molecular formula is C34H56Cl4N18O2. The Morgan fingerprint density at radius 3 is 0.845 bits per heavy atom. The van der Waals surface area contributed by atoms with Gasteiger partial charge in [0.1, 0.15) is 0 Å². The van der Waals surface area contributed by atoms with E-state index in [1.54, 1.807) is 64.1 Å². The number of anilines is 2. The van der Waals surface area contributed by atoms with Crippen LogP contribution in [-0.2, 0) is 9.59 Å². The Morgan fingerprint density at radius 2 is 0.621 bits per heavy atom. The van der Waals surface area contributed by atoms with Crippen LogP contribution in [-0.4, -0.2) is 58.5 Å². The predicted molar refractivity (Wildman–Crippen MR) is 248 cm³/mol. The number of rotatable bonds is 19. The largest absolute Gasteiger partial charge is 0.369 e. The number of guanidine groups is 4. The lowest BCUT2D eigenvalue weighted by Crippen LogP contribution is -2.22. The molecule has 18 N–H and O–H groups in total. The van der Waals surface area contributed by atoms with Gasteiger partial charge in [-0.25, -0.2) is 0 Å². The number of carbonyl (C=O) groups excluding carboxylic acids is 2. The standard InChI is InChI=1S/C34H52N18O2.4ClH/c1-19(45-49-31(35)36)23-13-24(20(2)46-50-32(37)38)16-27(15-23)43-29(53)11-9-7-5-6-8-10-12-30(54)44-28-17-25(21(3)47-51-33(39)40)14-26(18-28)22(4)48-52-34(41)42;;;;/h13-18H,5-12H2,1-4H3,(H,43,53)(H,44,54)(H4,35,36,49)(H4,37,38,50)(H4,39,40,51)(H4,41,42,52);4*1H/b45-19-,46-20+,47-21-,48-22+;;;;. The normalized spacial score (nSPS) is 11.2. The maximum absolute atomic E-state index is 12.8. The SMILES string of the molecule is C/C(=N/N=C(N)N)c1cc(NC(=O)CCCCCCCCC(=O)Nc2cc(/C(C)=N\N=C(N)N)cc(/C(C)=N/N=C(N)N)c2)cc(/C(C)=N/N=C(N)N)c1.Cl.Cl.Cl.Cl. The second-order valence-electron chi connectivity index (χ2n) is 12.2. The number of nitrogens with zero attached hydrogens (tertiary/aromatic N) is 8. The van der Waals surface area contributed by atoms with E-state index in [9.17, 15) is 9.59 Å². The van der Waals surface area contributed by atoms with E-state index in [0.29, 0.717) is 82.2 Å². The third-order valence-electron chi connectivity index (χ3n) is 7.42. The van der Waals surface area contributed by atoms with Crippen LogP contribution in [0, 0.1) is 0 Å². The lowest BCUT2D eigenvalue weighted by atomic mass is 10.0. The lowest BCUT2D eigenvalue weighted by Gasteiger charge is -2.11. The quantitative estimate of drug-likeness (QED) is 0.0425. The second kappa shape index (κ2) is 29.5. The molecule has 0 saturated heterocycles. The molecule has 24 heteroatoms. The first-order valence-corrected chi connectivity index (χ1v) is 17.0. The molecule has 2 aromatic rings. The third kappa shape index (κ3) is 22.8. The fraction of sp³-hybridized carbons (Fsp3) is 0.353. The van der Waals surface area contributed by atoms with Crippen LogP contribution >= 0.6 is 49.6 Å². The van der Waals surface area contributed by atoms with Crippen molar-refractivity contribution in [2.24, 2.45) is 86.7 Å². The van der Waals surface area contributed by atoms with Crippen molar-refractivity contribution < 1.29 is 9.59 Å². The fourth-order valence-corrected chi connectivity index (χ4v) is 4.72. The smallest absolute Gasteiger partial charge is 0.224 e. The Morgan fingerprint density at radius 1 is 0.397 bits per heavy atom. The summed E-state index contributed by atoms with van der Waals surface area (Å²) in [6.45, 7) is 6.92. The third-order valence-corrected chi connectivity index (χ3v) is 7.42. The van der Waals surface area contributed by atoms with Crippen LogP contribution < -0.4 is 56.5 Å². The lowest BCUT2D eigenvalue weighted by molar-refractivity contribution is -0.117. The Bertz CT molecular complexity index is 1650. The summed E-state index contributed by atoms with van der Waals surface area (Å²) in [5, 5.41) is 36.8. The topological polar surface area (TPSA) is 365 Å². The number of unbranched alkanes of at least 4 members (excludes halogenated alkanes) is 5. The summed E-state index contributed by atoms with van der Waals surface area (Å²) < 4.78 is 0. The van der Waals surface area contributed by atoms with Crippen molar-refractivity contribution in [1.29, 1.82) is 0 Å². The van der Waals surface area contributed by atoms with Gasteiger partial charge in [-0.05, 0) is 76.9 Å². The number of hydrogen-bond donors (Lipinski definition) is 10. The molecule has 0 aliphatic carbocycles. The van der Waals surface area contributed by atoms with Crippen molar-refractivity contribution in [3.63, 3.8) is 0 Å². The zero-order chi connectivity index (χ0) is 40.2. The van der Waals surface area contributed by atoms with E-state index in [-0.39, 0.29) is 85.3 Å². The molecule has 0 atom stereocenters. The van der Waals surface area contributed by atoms with E-state index < -0.39 is 0 Å². The molecule has 0 spiro atoms. The number of nitrogens with two attached hydrogens (primary N) is 8. The van der Waals surface area contributed by atoms with Crippen LogP contribution in [0.4, 0.5) is 11.4 Å². The van der Waals surface area contributed by atoms with Gasteiger partial charge in [0.05, 0.1) is 22.8 Å². The summed E-state index contributed by atoms with van der Waals surface area (Å²) >= 11 is 0. The molecular weight excluding hydrogens is 834 g/mol. The second-order valence-corrected chi connectivity index (χ2v) is 12.2. The Kier molecular flexibility index (Phi) is 28.8. The molecule has 0 aromatic heterocycles. The summed E-state index contributed by atoms with van der Waals surface area (Å²) in [4.78, 5) is 25.7. The highest BCUT2D eigenvalue weighted by Crippen LogP contribution is 2.20. The maximum atomic E-state index is 12.8. The molecule has 20 nitrogen and oxygen atoms in total. The molecule has 2 amide bonds. The molecule has 0 radical (unpaired) electrons. The van der Waals surface area contributed by atoms with Crippen molar-refractivity contribution in [3.8, 4) is 0 Å². The van der Waals surface area contributed by atoms with Gasteiger partial charge in [-0.15, -0.1) is 70.0 Å². The molecule has 0 aliphatic heterocycles. The number of benzene rings is 2. The molecule has 58 heavy (non-hydrogen) atoms. The average Bonchev–Trinajstić information content (AvgIpc) is 3.11. The predicted octanol–water partition coefficient (Wildman–Crippen LogP) is 3.06. The highest BCUT2D eigenvalue weighted by Gasteiger charge is 2.12. The van der Waals surface area contributed by atoms with Crippen LogP contribution in [0.25, 0.3) is 0 Å². The Hall–Kier alpha value is -5.70. The number of amides is 2. The van der Waals surface area contributed by atoms with Gasteiger partial charge in [0, 0.05) is 46.5 Å². The van der Waals surface area contributed by atoms with Crippen molar-refractivity contribution >= 4 is 120 Å². The van der Waals surface area contributed by atoms with Gasteiger partial charge in [0.25, 0.3) is 0 Å². The molecule has 0 heterocycles. The van der Waals surface area contributed by atoms with E-state index in [1.165, 1.54) is 0 Å². The minimum atomic E-state index is -0.185. The van der Waals surface area contributed by atoms with E-state index in [2.05, 4.69) is 51.4 Å². The first kappa shape index (κ1) is 56.6. The van der Waals surface area contributed by atoms with Crippen LogP contribution in [0.3, 0.4) is 0 Å². The average molecular weight is 891 g/mol. The Balaban J connectivity index is -0.00000756. The van der Waals surface area contributed by atoms with Gasteiger partial charge in [0.15, 0.2) is 0 Å². The zero-order valence-electron chi connectivity index (χ0n) is 32.8. The molecule has 2 rings (SSSR count). The first-order chi connectivity index (χ1) is 25.5. The van der Waals surface area contributed by atoms with Crippen molar-refractivity contribution in [2.45, 2.75) is 79.1 Å². The van der Waals surface area contributed by atoms with E-state index in [4.69, 9.17) is 45.9 Å². The van der Waals surface area contributed by atoms with Gasteiger partial charge in [-0.2, -0.15) is 20.4 Å². The maximum Gasteiger partial charge on any atom is 0.224 e. The van der Waals surface area contributed by atoms with Crippen LogP contribution in [0.5, 0.6) is 0 Å². The number of hydrogen-bond acceptors (Lipinski definition) is 10. The van der Waals surface area contributed by atoms with Gasteiger partial charge < -0.3 is 56.5 Å². The first-order valence-electron chi connectivity index (χ1n) is 17.0. The summed E-state index contributed by atoms with van der Waals surface area (Å²) in [6.07, 6.45) is 5.62. The summed E-state index contributed by atoms with van der Waals surface area (Å²) in [6, 6.07) is 10.7. The molecule has 0 unspecified atom stereocenters. The molecule has 0 saturated carbocycles. The van der Waals surface area contributed by atoms with Gasteiger partial charge in [0.2, 0.25) is 35.7 Å². The van der Waals surface area contributed by atoms with E-state index >= 15 is 0 Å². The fourth-order valence-electron chi connectivity index (χ4n) is 4.72. The van der Waals surface area contributed by atoms with Gasteiger partial charge in [-0.1, -0.05) is 25.7 Å². The summed E-state index contributed by atoms with van der Waals surface area (Å²) in [5.74, 6) is -1.03. The summed E-state index contributed by atoms with van der Waals surface area (Å²) in [5.41, 5.74) is 49.0. The van der Waals surface area contributed by atoms with Gasteiger partial charge in [-0.3, -0.25) is 9.59 Å². The number of nitrogens with one attached hydrogen (secondary N) is 2. The number of carbonyl (C=O) groups is 2. The molecule has 2 aromatic carbocycles. The molecule has 0 fully saturated rings. The minimum Gasteiger partial charge on any atom is -0.369 e. The summed E-state index contributed by atoms with van der Waals surface area (Å²) in [7, 11) is 0. The molecule has 0 aliphatic rings. The number of halogens is 4. The molecule has 0 bridgehead atoms. The molecule has 322 valence electrons. The highest BCUT2D eigenvalue weighted by molar-refractivity contribution is 6.07. The van der Waals surface area contributed by atoms with E-state index in [0.717, 1.165) is 25.7 Å². The van der Waals surface area contributed by atoms with Crippen molar-refractivity contribution in [3.05, 3.63) is 58.7 Å². The Labute approximate surface area is 362 Å². The van der Waals surface area contributed by atoms with Crippen LogP contribution in [0.1, 0.15) is 101 Å². The monoisotopic (exact) mass is 888 g/mol. The highest BCUT2D eigenvalue weighted by atomic mass is 35.5. The minimum absolute atomic E-state index is 0. The van der Waals surface area contributed by atoms with Crippen molar-refractivity contribution in [1.82, 2.24) is 0 Å². The van der Waals surface area contributed by atoms with Crippen LogP contribution in [0.15, 0.2) is 77.2 Å². The zero-order valence-corrected chi connectivity index (χ0v) is 36.0. The van der Waals surface area contributed by atoms with Gasteiger partial charge >= 0.3 is 0 Å². The van der Waals surface area contributed by atoms with Crippen LogP contribution in [0.2, 0.25) is 0 Å². The van der Waals surface area contributed by atoms with Crippen molar-refractivity contribution in [2.75, 3.05) is 10.6 Å².